The number of fused-ring (bicyclic) bond motifs is 1. The molecule has 0 amide bonds. The number of likely N-dealkylation sites (tertiary alicyclic amines) is 1. The number of carbonyl (C=O) groups excluding carboxylic acids is 1. The number of carbonyl (C=O) groups is 1. The second-order valence-electron chi connectivity index (χ2n) is 7.07. The van der Waals surface area contributed by atoms with E-state index in [1.165, 1.54) is 11.1 Å². The smallest absolute Gasteiger partial charge is 0.169 e. The Morgan fingerprint density at radius 1 is 1.08 bits per heavy atom. The second-order valence-corrected chi connectivity index (χ2v) is 7.07. The van der Waals surface area contributed by atoms with Gasteiger partial charge in [0, 0.05) is 17.5 Å². The number of hydrogen-bond donors (Lipinski definition) is 0. The number of piperidine rings is 1. The van der Waals surface area contributed by atoms with Gasteiger partial charge in [-0.15, -0.1) is 0 Å². The van der Waals surface area contributed by atoms with Gasteiger partial charge in [-0.1, -0.05) is 36.4 Å². The predicted molar refractivity (Wildman–Crippen MR) is 94.4 cm³/mol. The zero-order valence-corrected chi connectivity index (χ0v) is 14.1. The van der Waals surface area contributed by atoms with E-state index in [9.17, 15) is 4.79 Å². The van der Waals surface area contributed by atoms with Gasteiger partial charge in [0.25, 0.3) is 0 Å². The molecule has 2 aromatic carbocycles. The van der Waals surface area contributed by atoms with Crippen LogP contribution in [0.2, 0.25) is 0 Å². The van der Waals surface area contributed by atoms with Crippen LogP contribution in [0, 0.1) is 5.41 Å². The molecule has 4 rings (SSSR count). The van der Waals surface area contributed by atoms with Crippen LogP contribution in [0.3, 0.4) is 0 Å². The first-order chi connectivity index (χ1) is 11.7. The van der Waals surface area contributed by atoms with Crippen LogP contribution in [-0.4, -0.2) is 30.9 Å². The van der Waals surface area contributed by atoms with Crippen LogP contribution in [0.5, 0.6) is 5.75 Å². The van der Waals surface area contributed by atoms with Gasteiger partial charge in [0.1, 0.15) is 5.75 Å². The van der Waals surface area contributed by atoms with E-state index in [0.717, 1.165) is 50.2 Å². The minimum atomic E-state index is -0.179. The van der Waals surface area contributed by atoms with E-state index in [1.807, 2.05) is 12.1 Å². The lowest BCUT2D eigenvalue weighted by molar-refractivity contribution is 0.0623. The molecule has 1 fully saturated rings. The average Bonchev–Trinajstić information content (AvgIpc) is 2.90. The van der Waals surface area contributed by atoms with Crippen LogP contribution in [0.4, 0.5) is 0 Å². The number of hydrogen-bond acceptors (Lipinski definition) is 3. The molecule has 1 spiro atoms. The van der Waals surface area contributed by atoms with Crippen LogP contribution in [-0.2, 0) is 13.0 Å². The van der Waals surface area contributed by atoms with E-state index < -0.39 is 0 Å². The van der Waals surface area contributed by atoms with Gasteiger partial charge in [-0.2, -0.15) is 0 Å². The molecule has 1 saturated heterocycles. The largest absolute Gasteiger partial charge is 0.497 e. The minimum Gasteiger partial charge on any atom is -0.497 e. The molecule has 1 aliphatic heterocycles. The predicted octanol–water partition coefficient (Wildman–Crippen LogP) is 3.72. The van der Waals surface area contributed by atoms with Gasteiger partial charge >= 0.3 is 0 Å². The Hall–Kier alpha value is -2.13. The van der Waals surface area contributed by atoms with Crippen molar-refractivity contribution >= 4 is 5.78 Å². The normalized spacial score (nSPS) is 19.5. The number of Topliss-reactive ketones (excluding diaryl/α,β-unsaturated/α-hetero) is 1. The molecule has 3 heteroatoms. The topological polar surface area (TPSA) is 29.5 Å². The van der Waals surface area contributed by atoms with E-state index >= 15 is 0 Å². The highest BCUT2D eigenvalue weighted by Gasteiger charge is 2.47. The van der Waals surface area contributed by atoms with Crippen molar-refractivity contribution in [1.29, 1.82) is 0 Å². The zero-order valence-electron chi connectivity index (χ0n) is 14.1. The fraction of sp³-hybridized carbons (Fsp3) is 0.381. The lowest BCUT2D eigenvalue weighted by atomic mass is 9.75. The number of benzene rings is 2. The zero-order chi connectivity index (χ0) is 16.6. The van der Waals surface area contributed by atoms with Gasteiger partial charge in [0.15, 0.2) is 5.78 Å². The maximum Gasteiger partial charge on any atom is 0.169 e. The van der Waals surface area contributed by atoms with Crippen molar-refractivity contribution < 1.29 is 9.53 Å². The summed E-state index contributed by atoms with van der Waals surface area (Å²) in [4.78, 5) is 15.5. The molecule has 3 nitrogen and oxygen atoms in total. The molecule has 1 aliphatic carbocycles. The van der Waals surface area contributed by atoms with Gasteiger partial charge in [0.05, 0.1) is 7.11 Å². The van der Waals surface area contributed by atoms with E-state index in [1.54, 1.807) is 7.11 Å². The number of rotatable bonds is 3. The molecule has 2 aliphatic rings. The van der Waals surface area contributed by atoms with Crippen molar-refractivity contribution in [3.8, 4) is 5.75 Å². The van der Waals surface area contributed by atoms with Crippen LogP contribution < -0.4 is 4.74 Å². The maximum absolute atomic E-state index is 13.0. The fourth-order valence-electron chi connectivity index (χ4n) is 4.16. The molecule has 0 atom stereocenters. The van der Waals surface area contributed by atoms with E-state index in [4.69, 9.17) is 4.74 Å². The van der Waals surface area contributed by atoms with Crippen LogP contribution in [0.1, 0.15) is 34.3 Å². The first-order valence-electron chi connectivity index (χ1n) is 8.68. The van der Waals surface area contributed by atoms with Gasteiger partial charge in [-0.3, -0.25) is 9.69 Å². The van der Waals surface area contributed by atoms with Crippen molar-refractivity contribution in [2.75, 3.05) is 20.2 Å². The summed E-state index contributed by atoms with van der Waals surface area (Å²) in [5, 5.41) is 0. The third-order valence-corrected chi connectivity index (χ3v) is 5.63. The summed E-state index contributed by atoms with van der Waals surface area (Å²) >= 11 is 0. The van der Waals surface area contributed by atoms with Crippen LogP contribution in [0.25, 0.3) is 0 Å². The Labute approximate surface area is 143 Å². The molecule has 1 heterocycles. The van der Waals surface area contributed by atoms with Gasteiger partial charge in [-0.05, 0) is 55.6 Å². The molecule has 124 valence electrons. The lowest BCUT2D eigenvalue weighted by Gasteiger charge is -2.38. The summed E-state index contributed by atoms with van der Waals surface area (Å²) in [7, 11) is 1.65. The third kappa shape index (κ3) is 2.63. The summed E-state index contributed by atoms with van der Waals surface area (Å²) in [5.41, 5.74) is 3.24. The Morgan fingerprint density at radius 2 is 1.83 bits per heavy atom. The second kappa shape index (κ2) is 6.06. The SMILES string of the molecule is COc1ccc2c(c1)C(=O)C1(CCN(Cc3ccccc3)CC1)C2. The third-order valence-electron chi connectivity index (χ3n) is 5.63. The lowest BCUT2D eigenvalue weighted by Crippen LogP contribution is -2.42. The summed E-state index contributed by atoms with van der Waals surface area (Å²) in [6.07, 6.45) is 2.80. The molecule has 0 radical (unpaired) electrons. The molecule has 2 aromatic rings. The Balaban J connectivity index is 1.46. The van der Waals surface area contributed by atoms with Crippen molar-refractivity contribution in [2.24, 2.45) is 5.41 Å². The summed E-state index contributed by atoms with van der Waals surface area (Å²) in [6.45, 7) is 2.96. The molecule has 0 N–H and O–H groups in total. The van der Waals surface area contributed by atoms with Crippen LogP contribution >= 0.6 is 0 Å². The average molecular weight is 321 g/mol. The number of ether oxygens (including phenoxy) is 1. The minimum absolute atomic E-state index is 0.179. The van der Waals surface area contributed by atoms with Crippen molar-refractivity contribution in [3.63, 3.8) is 0 Å². The van der Waals surface area contributed by atoms with Crippen molar-refractivity contribution in [3.05, 3.63) is 65.2 Å². The Kier molecular flexibility index (Phi) is 3.89. The molecule has 0 bridgehead atoms. The Bertz CT molecular complexity index is 746. The maximum atomic E-state index is 13.0. The molecular formula is C21H23NO2. The van der Waals surface area contributed by atoms with Gasteiger partial charge in [0.2, 0.25) is 0 Å². The standard InChI is InChI=1S/C21H23NO2/c1-24-18-8-7-17-14-21(20(23)19(17)13-18)9-11-22(12-10-21)15-16-5-3-2-4-6-16/h2-8,13H,9-12,14-15H2,1H3. The van der Waals surface area contributed by atoms with E-state index in [2.05, 4.69) is 41.3 Å². The fourth-order valence-corrected chi connectivity index (χ4v) is 4.16. The highest BCUT2D eigenvalue weighted by molar-refractivity contribution is 6.05. The molecular weight excluding hydrogens is 298 g/mol. The molecule has 0 unspecified atom stereocenters. The first kappa shape index (κ1) is 15.4. The monoisotopic (exact) mass is 321 g/mol. The summed E-state index contributed by atoms with van der Waals surface area (Å²) in [5.74, 6) is 1.11. The van der Waals surface area contributed by atoms with E-state index in [0.29, 0.717) is 5.78 Å². The number of ketones is 1. The molecule has 24 heavy (non-hydrogen) atoms. The van der Waals surface area contributed by atoms with E-state index in [-0.39, 0.29) is 5.41 Å². The quantitative estimate of drug-likeness (QED) is 0.863. The van der Waals surface area contributed by atoms with Gasteiger partial charge < -0.3 is 4.74 Å². The number of nitrogens with zero attached hydrogens (tertiary/aromatic N) is 1. The van der Waals surface area contributed by atoms with Crippen molar-refractivity contribution in [1.82, 2.24) is 4.90 Å². The highest BCUT2D eigenvalue weighted by Crippen LogP contribution is 2.45. The van der Waals surface area contributed by atoms with Gasteiger partial charge in [-0.25, -0.2) is 0 Å². The summed E-state index contributed by atoms with van der Waals surface area (Å²) in [6, 6.07) is 16.5. The first-order valence-corrected chi connectivity index (χ1v) is 8.68. The number of methoxy groups -OCH3 is 1. The van der Waals surface area contributed by atoms with Crippen molar-refractivity contribution in [2.45, 2.75) is 25.8 Å². The summed E-state index contributed by atoms with van der Waals surface area (Å²) < 4.78 is 5.29. The Morgan fingerprint density at radius 3 is 2.54 bits per heavy atom. The van der Waals surface area contributed by atoms with Crippen LogP contribution in [0.15, 0.2) is 48.5 Å². The molecule has 0 aromatic heterocycles. The molecule has 0 saturated carbocycles. The highest BCUT2D eigenvalue weighted by atomic mass is 16.5.